The van der Waals surface area contributed by atoms with Crippen LogP contribution in [0.5, 0.6) is 0 Å². The highest BCUT2D eigenvalue weighted by Gasteiger charge is 2.34. The zero-order valence-electron chi connectivity index (χ0n) is 13.9. The largest absolute Gasteiger partial charge is 0.350 e. The van der Waals surface area contributed by atoms with Gasteiger partial charge in [0.1, 0.15) is 11.6 Å². The predicted molar refractivity (Wildman–Crippen MR) is 97.8 cm³/mol. The van der Waals surface area contributed by atoms with E-state index in [4.69, 9.17) is 0 Å². The molecule has 3 amide bonds. The van der Waals surface area contributed by atoms with Crippen molar-refractivity contribution in [2.24, 2.45) is 0 Å². The molecule has 1 saturated heterocycles. The summed E-state index contributed by atoms with van der Waals surface area (Å²) in [4.78, 5) is 37.7. The number of carbonyl (C=O) groups is 3. The van der Waals surface area contributed by atoms with Crippen LogP contribution in [0.15, 0.2) is 53.4 Å². The van der Waals surface area contributed by atoms with Gasteiger partial charge in [-0.15, -0.1) is 0 Å². The van der Waals surface area contributed by atoms with Gasteiger partial charge in [0.05, 0.1) is 4.91 Å². The second-order valence-electron chi connectivity index (χ2n) is 5.66. The molecule has 0 saturated carbocycles. The number of thioether (sulfide) groups is 1. The Kier molecular flexibility index (Phi) is 5.66. The van der Waals surface area contributed by atoms with Gasteiger partial charge in [-0.2, -0.15) is 0 Å². The summed E-state index contributed by atoms with van der Waals surface area (Å²) >= 11 is 0.822. The number of nitrogens with one attached hydrogen (secondary N) is 1. The van der Waals surface area contributed by atoms with Crippen LogP contribution in [0.4, 0.5) is 13.6 Å². The van der Waals surface area contributed by atoms with E-state index in [2.05, 4.69) is 5.32 Å². The maximum absolute atomic E-state index is 13.2. The molecule has 1 aliphatic rings. The molecule has 1 fully saturated rings. The molecule has 3 rings (SSSR count). The Morgan fingerprint density at radius 2 is 1.74 bits per heavy atom. The second kappa shape index (κ2) is 8.13. The van der Waals surface area contributed by atoms with Gasteiger partial charge in [-0.25, -0.2) is 8.78 Å². The summed E-state index contributed by atoms with van der Waals surface area (Å²) in [7, 11) is 0. The van der Waals surface area contributed by atoms with E-state index in [1.807, 2.05) is 30.3 Å². The number of nitrogens with zero attached hydrogens (tertiary/aromatic N) is 1. The average Bonchev–Trinajstić information content (AvgIpc) is 2.89. The normalized spacial score (nSPS) is 15.5. The zero-order valence-corrected chi connectivity index (χ0v) is 14.8. The van der Waals surface area contributed by atoms with Crippen molar-refractivity contribution in [3.8, 4) is 0 Å². The third-order valence-corrected chi connectivity index (χ3v) is 4.62. The predicted octanol–water partition coefficient (Wildman–Crippen LogP) is 3.43. The summed E-state index contributed by atoms with van der Waals surface area (Å²) in [5.41, 5.74) is 0.620. The molecule has 0 aromatic heterocycles. The Bertz CT molecular complexity index is 912. The van der Waals surface area contributed by atoms with Gasteiger partial charge in [0.2, 0.25) is 0 Å². The number of amides is 3. The van der Waals surface area contributed by atoms with Crippen LogP contribution in [0.1, 0.15) is 15.9 Å². The van der Waals surface area contributed by atoms with Crippen LogP contribution in [-0.2, 0) is 4.79 Å². The molecule has 1 heterocycles. The lowest BCUT2D eigenvalue weighted by Crippen LogP contribution is -2.37. The molecule has 138 valence electrons. The van der Waals surface area contributed by atoms with Crippen molar-refractivity contribution in [2.45, 2.75) is 0 Å². The Labute approximate surface area is 158 Å². The molecule has 2 aromatic carbocycles. The van der Waals surface area contributed by atoms with E-state index < -0.39 is 28.7 Å². The third-order valence-electron chi connectivity index (χ3n) is 3.72. The minimum absolute atomic E-state index is 0.0341. The Balaban J connectivity index is 1.59. The first kappa shape index (κ1) is 18.8. The number of hydrogen-bond acceptors (Lipinski definition) is 4. The number of halogens is 2. The summed E-state index contributed by atoms with van der Waals surface area (Å²) in [6.07, 6.45) is 1.62. The maximum atomic E-state index is 13.2. The van der Waals surface area contributed by atoms with E-state index in [0.29, 0.717) is 11.0 Å². The van der Waals surface area contributed by atoms with Crippen LogP contribution in [0.2, 0.25) is 0 Å². The average molecular weight is 388 g/mol. The van der Waals surface area contributed by atoms with E-state index >= 15 is 0 Å². The van der Waals surface area contributed by atoms with E-state index in [-0.39, 0.29) is 18.7 Å². The summed E-state index contributed by atoms with van der Waals surface area (Å²) in [5, 5.41) is 2.00. The molecule has 0 unspecified atom stereocenters. The monoisotopic (exact) mass is 388 g/mol. The van der Waals surface area contributed by atoms with E-state index in [1.54, 1.807) is 6.08 Å². The minimum atomic E-state index is -0.864. The molecule has 27 heavy (non-hydrogen) atoms. The van der Waals surface area contributed by atoms with Gasteiger partial charge in [0, 0.05) is 24.7 Å². The number of rotatable bonds is 5. The van der Waals surface area contributed by atoms with Crippen molar-refractivity contribution < 1.29 is 23.2 Å². The highest BCUT2D eigenvalue weighted by molar-refractivity contribution is 8.18. The summed E-state index contributed by atoms with van der Waals surface area (Å²) in [5.74, 6) is -2.87. The second-order valence-corrected chi connectivity index (χ2v) is 6.65. The molecule has 5 nitrogen and oxygen atoms in total. The Hall–Kier alpha value is -3.00. The quantitative estimate of drug-likeness (QED) is 0.797. The van der Waals surface area contributed by atoms with E-state index in [9.17, 15) is 23.2 Å². The van der Waals surface area contributed by atoms with Crippen molar-refractivity contribution in [3.05, 3.63) is 76.2 Å². The van der Waals surface area contributed by atoms with Crippen molar-refractivity contribution in [2.75, 3.05) is 13.1 Å². The molecule has 0 bridgehead atoms. The number of hydrogen-bond donors (Lipinski definition) is 1. The van der Waals surface area contributed by atoms with Crippen molar-refractivity contribution in [1.82, 2.24) is 10.2 Å². The molecule has 8 heteroatoms. The summed E-state index contributed by atoms with van der Waals surface area (Å²) in [6, 6.07) is 11.6. The fourth-order valence-electron chi connectivity index (χ4n) is 2.46. The van der Waals surface area contributed by atoms with Gasteiger partial charge >= 0.3 is 0 Å². The smallest absolute Gasteiger partial charge is 0.293 e. The lowest BCUT2D eigenvalue weighted by molar-refractivity contribution is -0.122. The SMILES string of the molecule is O=C(NCCN1C(=O)S/C(=C\c2ccccc2)C1=O)c1cc(F)cc(F)c1. The molecule has 0 atom stereocenters. The number of benzene rings is 2. The van der Waals surface area contributed by atoms with Crippen LogP contribution in [0, 0.1) is 11.6 Å². The van der Waals surface area contributed by atoms with Gasteiger partial charge in [-0.3, -0.25) is 19.3 Å². The minimum Gasteiger partial charge on any atom is -0.350 e. The highest BCUT2D eigenvalue weighted by atomic mass is 32.2. The summed E-state index contributed by atoms with van der Waals surface area (Å²) < 4.78 is 26.3. The number of carbonyl (C=O) groups excluding carboxylic acids is 3. The third kappa shape index (κ3) is 4.59. The molecule has 0 radical (unpaired) electrons. The number of imide groups is 1. The fraction of sp³-hybridized carbons (Fsp3) is 0.105. The van der Waals surface area contributed by atoms with Crippen LogP contribution < -0.4 is 5.32 Å². The van der Waals surface area contributed by atoms with Crippen LogP contribution in [0.25, 0.3) is 6.08 Å². The lowest BCUT2D eigenvalue weighted by Gasteiger charge is -2.13. The van der Waals surface area contributed by atoms with Gasteiger partial charge in [-0.1, -0.05) is 30.3 Å². The Morgan fingerprint density at radius 3 is 2.41 bits per heavy atom. The highest BCUT2D eigenvalue weighted by Crippen LogP contribution is 2.31. The van der Waals surface area contributed by atoms with Crippen LogP contribution >= 0.6 is 11.8 Å². The molecule has 2 aromatic rings. The van der Waals surface area contributed by atoms with E-state index in [0.717, 1.165) is 34.4 Å². The van der Waals surface area contributed by atoms with Crippen LogP contribution in [-0.4, -0.2) is 35.0 Å². The molecule has 1 aliphatic heterocycles. The molecule has 0 spiro atoms. The van der Waals surface area contributed by atoms with Crippen molar-refractivity contribution >= 4 is 34.9 Å². The first-order valence-corrected chi connectivity index (χ1v) is 8.80. The zero-order chi connectivity index (χ0) is 19.4. The first-order chi connectivity index (χ1) is 12.9. The van der Waals surface area contributed by atoms with Gasteiger partial charge in [0.15, 0.2) is 0 Å². The van der Waals surface area contributed by atoms with Crippen molar-refractivity contribution in [1.29, 1.82) is 0 Å². The first-order valence-electron chi connectivity index (χ1n) is 7.99. The molecular formula is C19H14F2N2O3S. The Morgan fingerprint density at radius 1 is 1.07 bits per heavy atom. The van der Waals surface area contributed by atoms with Gasteiger partial charge in [0.25, 0.3) is 17.1 Å². The molecule has 0 aliphatic carbocycles. The van der Waals surface area contributed by atoms with Crippen LogP contribution in [0.3, 0.4) is 0 Å². The maximum Gasteiger partial charge on any atom is 0.293 e. The summed E-state index contributed by atoms with van der Waals surface area (Å²) in [6.45, 7) is -0.0754. The molecule has 1 N–H and O–H groups in total. The van der Waals surface area contributed by atoms with E-state index in [1.165, 1.54) is 0 Å². The van der Waals surface area contributed by atoms with Crippen molar-refractivity contribution in [3.63, 3.8) is 0 Å². The van der Waals surface area contributed by atoms with Gasteiger partial charge < -0.3 is 5.32 Å². The lowest BCUT2D eigenvalue weighted by atomic mass is 10.2. The standard InChI is InChI=1S/C19H14F2N2O3S/c20-14-9-13(10-15(21)11-14)17(24)22-6-7-23-18(25)16(27-19(23)26)8-12-4-2-1-3-5-12/h1-5,8-11H,6-7H2,(H,22,24)/b16-8-. The molecular weight excluding hydrogens is 374 g/mol. The van der Waals surface area contributed by atoms with Gasteiger partial charge in [-0.05, 0) is 35.5 Å². The fourth-order valence-corrected chi connectivity index (χ4v) is 3.33. The topological polar surface area (TPSA) is 66.5 Å².